The molecule has 2 aromatic rings. The Balaban J connectivity index is 0.00000176. The summed E-state index contributed by atoms with van der Waals surface area (Å²) < 4.78 is 25.4. The summed E-state index contributed by atoms with van der Waals surface area (Å²) in [7, 11) is -3.32. The molecule has 0 unspecified atom stereocenters. The van der Waals surface area contributed by atoms with E-state index in [1.165, 1.54) is 0 Å². The van der Waals surface area contributed by atoms with Gasteiger partial charge >= 0.3 is 0 Å². The number of nitrogens with two attached hydrogens (primary N) is 1. The van der Waals surface area contributed by atoms with Gasteiger partial charge in [0.1, 0.15) is 0 Å². The average molecular weight is 340 g/mol. The quantitative estimate of drug-likeness (QED) is 0.895. The summed E-state index contributed by atoms with van der Waals surface area (Å²) in [6.07, 6.45) is 3.96. The topological polar surface area (TPSA) is 85.1 Å². The lowest BCUT2D eigenvalue weighted by atomic mass is 10.1. The monoisotopic (exact) mass is 339 g/mol. The number of nitrogens with one attached hydrogen (secondary N) is 1. The van der Waals surface area contributed by atoms with Gasteiger partial charge < -0.3 is 5.73 Å². The predicted octanol–water partition coefficient (Wildman–Crippen LogP) is 2.36. The van der Waals surface area contributed by atoms with Crippen LogP contribution in [0, 0.1) is 0 Å². The number of anilines is 1. The zero-order chi connectivity index (χ0) is 15.0. The van der Waals surface area contributed by atoms with Gasteiger partial charge in [-0.2, -0.15) is 0 Å². The summed E-state index contributed by atoms with van der Waals surface area (Å²) in [5.41, 5.74) is 9.00. The van der Waals surface area contributed by atoms with Crippen molar-refractivity contribution in [1.82, 2.24) is 4.98 Å². The molecule has 0 radical (unpaired) electrons. The lowest BCUT2D eigenvalue weighted by Gasteiger charge is -2.10. The summed E-state index contributed by atoms with van der Waals surface area (Å²) in [5, 5.41) is 0. The second-order valence-corrected chi connectivity index (χ2v) is 7.15. The molecule has 0 bridgehead atoms. The molecule has 1 heterocycles. The third-order valence-corrected chi connectivity index (χ3v) is 4.14. The molecule has 0 aliphatic heterocycles. The largest absolute Gasteiger partial charge is 0.327 e. The predicted molar refractivity (Wildman–Crippen MR) is 90.7 cm³/mol. The fourth-order valence-corrected chi connectivity index (χ4v) is 2.95. The lowest BCUT2D eigenvalue weighted by molar-refractivity contribution is 0.607. The Morgan fingerprint density at radius 3 is 2.45 bits per heavy atom. The van der Waals surface area contributed by atoms with E-state index in [2.05, 4.69) is 9.71 Å². The van der Waals surface area contributed by atoms with E-state index in [0.717, 1.165) is 29.5 Å². The summed E-state index contributed by atoms with van der Waals surface area (Å²) in [6, 6.07) is 11.4. The molecule has 0 saturated heterocycles. The fourth-order valence-electron chi connectivity index (χ4n) is 2.38. The normalized spacial score (nSPS) is 20.1. The fraction of sp³-hybridized carbons (Fsp3) is 0.267. The van der Waals surface area contributed by atoms with Crippen molar-refractivity contribution in [2.75, 3.05) is 11.0 Å². The molecule has 22 heavy (non-hydrogen) atoms. The molecule has 1 aromatic carbocycles. The van der Waals surface area contributed by atoms with E-state index in [4.69, 9.17) is 5.73 Å². The molecule has 1 fully saturated rings. The van der Waals surface area contributed by atoms with Crippen LogP contribution in [0.15, 0.2) is 42.6 Å². The number of aromatic nitrogens is 1. The van der Waals surface area contributed by atoms with Gasteiger partial charge in [0.25, 0.3) is 0 Å². The van der Waals surface area contributed by atoms with Crippen molar-refractivity contribution in [3.05, 3.63) is 48.2 Å². The van der Waals surface area contributed by atoms with Crippen LogP contribution in [0.1, 0.15) is 17.9 Å². The second kappa shape index (κ2) is 6.24. The number of benzene rings is 1. The number of halogens is 1. The standard InChI is InChI=1S/C15H17N3O2S.ClH/c1-21(19,20)18-15-5-3-2-4-11(15)14-7-6-10(9-17-14)12-8-13(12)16;/h2-7,9,12-13,18H,8,16H2,1H3;1H/t12-,13+;/m0./s1. The first kappa shape index (κ1) is 16.7. The van der Waals surface area contributed by atoms with Gasteiger partial charge in [-0.05, 0) is 24.1 Å². The second-order valence-electron chi connectivity index (χ2n) is 5.40. The van der Waals surface area contributed by atoms with E-state index in [1.54, 1.807) is 12.1 Å². The minimum absolute atomic E-state index is 0. The minimum Gasteiger partial charge on any atom is -0.327 e. The van der Waals surface area contributed by atoms with Crippen LogP contribution < -0.4 is 10.5 Å². The van der Waals surface area contributed by atoms with Gasteiger partial charge in [0.15, 0.2) is 0 Å². The van der Waals surface area contributed by atoms with Gasteiger partial charge in [-0.3, -0.25) is 9.71 Å². The van der Waals surface area contributed by atoms with Gasteiger partial charge in [0, 0.05) is 23.7 Å². The summed E-state index contributed by atoms with van der Waals surface area (Å²) in [6.45, 7) is 0. The SMILES string of the molecule is CS(=O)(=O)Nc1ccccc1-c1ccc([C@@H]2C[C@H]2N)cn1.Cl. The smallest absolute Gasteiger partial charge is 0.229 e. The maximum Gasteiger partial charge on any atom is 0.229 e. The Morgan fingerprint density at radius 1 is 1.23 bits per heavy atom. The molecule has 1 saturated carbocycles. The highest BCUT2D eigenvalue weighted by molar-refractivity contribution is 7.92. The van der Waals surface area contributed by atoms with Crippen molar-refractivity contribution in [1.29, 1.82) is 0 Å². The molecule has 3 N–H and O–H groups in total. The summed E-state index contributed by atoms with van der Waals surface area (Å²) in [4.78, 5) is 4.44. The Labute approximate surface area is 136 Å². The number of nitrogens with zero attached hydrogens (tertiary/aromatic N) is 1. The number of hydrogen-bond donors (Lipinski definition) is 2. The van der Waals surface area contributed by atoms with Gasteiger partial charge in [-0.1, -0.05) is 24.3 Å². The highest BCUT2D eigenvalue weighted by Crippen LogP contribution is 2.39. The Hall–Kier alpha value is -1.63. The van der Waals surface area contributed by atoms with Gasteiger partial charge in [-0.25, -0.2) is 8.42 Å². The van der Waals surface area contributed by atoms with Crippen LogP contribution in [0.25, 0.3) is 11.3 Å². The number of para-hydroxylation sites is 1. The van der Waals surface area contributed by atoms with E-state index in [1.807, 2.05) is 30.5 Å². The summed E-state index contributed by atoms with van der Waals surface area (Å²) >= 11 is 0. The van der Waals surface area contributed by atoms with Gasteiger partial charge in [0.2, 0.25) is 10.0 Å². The highest BCUT2D eigenvalue weighted by atomic mass is 35.5. The first-order chi connectivity index (χ1) is 9.94. The number of sulfonamides is 1. The van der Waals surface area contributed by atoms with Crippen LogP contribution in [0.4, 0.5) is 5.69 Å². The van der Waals surface area contributed by atoms with Crippen LogP contribution in [0.5, 0.6) is 0 Å². The third-order valence-electron chi connectivity index (χ3n) is 3.55. The van der Waals surface area contributed by atoms with Crippen molar-refractivity contribution >= 4 is 28.1 Å². The average Bonchev–Trinajstić information content (AvgIpc) is 3.15. The Kier molecular flexibility index (Phi) is 4.75. The van der Waals surface area contributed by atoms with Crippen molar-refractivity contribution in [3.8, 4) is 11.3 Å². The van der Waals surface area contributed by atoms with E-state index in [-0.39, 0.29) is 18.4 Å². The molecule has 7 heteroatoms. The van der Waals surface area contributed by atoms with Gasteiger partial charge in [-0.15, -0.1) is 12.4 Å². The molecule has 0 amide bonds. The maximum absolute atomic E-state index is 11.4. The molecule has 1 aromatic heterocycles. The molecule has 118 valence electrons. The lowest BCUT2D eigenvalue weighted by Crippen LogP contribution is -2.10. The molecule has 3 rings (SSSR count). The molecule has 5 nitrogen and oxygen atoms in total. The number of rotatable bonds is 4. The molecular weight excluding hydrogens is 322 g/mol. The van der Waals surface area contributed by atoms with Crippen molar-refractivity contribution in [2.45, 2.75) is 18.4 Å². The first-order valence-corrected chi connectivity index (χ1v) is 8.62. The maximum atomic E-state index is 11.4. The van der Waals surface area contributed by atoms with Gasteiger partial charge in [0.05, 0.1) is 17.6 Å². The van der Waals surface area contributed by atoms with Crippen molar-refractivity contribution in [2.24, 2.45) is 5.73 Å². The van der Waals surface area contributed by atoms with Crippen LogP contribution in [0.3, 0.4) is 0 Å². The molecule has 2 atom stereocenters. The molecular formula is C15H18ClN3O2S. The zero-order valence-electron chi connectivity index (χ0n) is 12.1. The zero-order valence-corrected chi connectivity index (χ0v) is 13.7. The molecule has 1 aliphatic rings. The summed E-state index contributed by atoms with van der Waals surface area (Å²) in [5.74, 6) is 0.413. The van der Waals surface area contributed by atoms with Crippen molar-refractivity contribution in [3.63, 3.8) is 0 Å². The van der Waals surface area contributed by atoms with E-state index >= 15 is 0 Å². The Bertz CT molecular complexity index is 763. The number of pyridine rings is 1. The van der Waals surface area contributed by atoms with Crippen LogP contribution in [-0.2, 0) is 10.0 Å². The first-order valence-electron chi connectivity index (χ1n) is 6.73. The highest BCUT2D eigenvalue weighted by Gasteiger charge is 2.34. The van der Waals surface area contributed by atoms with Crippen LogP contribution in [-0.4, -0.2) is 25.7 Å². The van der Waals surface area contributed by atoms with E-state index in [0.29, 0.717) is 11.6 Å². The van der Waals surface area contributed by atoms with E-state index in [9.17, 15) is 8.42 Å². The minimum atomic E-state index is -3.32. The third kappa shape index (κ3) is 3.76. The number of hydrogen-bond acceptors (Lipinski definition) is 4. The van der Waals surface area contributed by atoms with Crippen LogP contribution in [0.2, 0.25) is 0 Å². The molecule has 0 spiro atoms. The van der Waals surface area contributed by atoms with Crippen LogP contribution >= 0.6 is 12.4 Å². The van der Waals surface area contributed by atoms with Crippen molar-refractivity contribution < 1.29 is 8.42 Å². The molecule has 1 aliphatic carbocycles. The van der Waals surface area contributed by atoms with E-state index < -0.39 is 10.0 Å². The Morgan fingerprint density at radius 2 is 1.91 bits per heavy atom.